The Hall–Kier alpha value is -1.30. The second kappa shape index (κ2) is 3.20. The molecule has 3 N–H and O–H groups in total. The predicted octanol–water partition coefficient (Wildman–Crippen LogP) is -1.14. The van der Waals surface area contributed by atoms with Gasteiger partial charge in [-0.3, -0.25) is 0 Å². The highest BCUT2D eigenvalue weighted by atomic mass is 16.5. The predicted molar refractivity (Wildman–Crippen MR) is 38.1 cm³/mol. The highest BCUT2D eigenvalue weighted by molar-refractivity contribution is 5.18. The van der Waals surface area contributed by atoms with Crippen molar-refractivity contribution in [2.45, 2.75) is 6.54 Å². The van der Waals surface area contributed by atoms with Gasteiger partial charge < -0.3 is 15.6 Å². The molecular formula is C5H10N4O2. The number of aromatic nitrogens is 3. The number of nitrogens with zero attached hydrogens (tertiary/aromatic N) is 3. The van der Waals surface area contributed by atoms with Gasteiger partial charge >= 0.3 is 6.01 Å². The van der Waals surface area contributed by atoms with E-state index in [2.05, 4.69) is 10.1 Å². The average Bonchev–Trinajstić information content (AvgIpc) is 2.33. The first-order valence-corrected chi connectivity index (χ1v) is 3.13. The molecule has 0 unspecified atom stereocenters. The number of hydrogen-bond donors (Lipinski definition) is 2. The number of rotatable bonds is 3. The van der Waals surface area contributed by atoms with Gasteiger partial charge in [-0.15, -0.1) is 5.10 Å². The highest BCUT2D eigenvalue weighted by Gasteiger charge is 2.04. The van der Waals surface area contributed by atoms with Crippen molar-refractivity contribution in [2.24, 2.45) is 0 Å². The van der Waals surface area contributed by atoms with E-state index in [1.54, 1.807) is 0 Å². The Labute approximate surface area is 63.6 Å². The Morgan fingerprint density at radius 1 is 1.73 bits per heavy atom. The topological polar surface area (TPSA) is 86.2 Å². The molecule has 0 amide bonds. The third kappa shape index (κ3) is 1.58. The molecule has 0 saturated carbocycles. The largest absolute Gasteiger partial charge is 0.466 e. The summed E-state index contributed by atoms with van der Waals surface area (Å²) in [6.07, 6.45) is 0. The monoisotopic (exact) mass is 158 g/mol. The Bertz CT molecular complexity index is 234. The first kappa shape index (κ1) is 7.80. The zero-order valence-electron chi connectivity index (χ0n) is 6.19. The van der Waals surface area contributed by atoms with E-state index in [9.17, 15) is 0 Å². The van der Waals surface area contributed by atoms with Crippen molar-refractivity contribution in [2.75, 3.05) is 19.5 Å². The molecule has 11 heavy (non-hydrogen) atoms. The fourth-order valence-electron chi connectivity index (χ4n) is 0.678. The van der Waals surface area contributed by atoms with E-state index in [-0.39, 0.29) is 18.6 Å². The van der Waals surface area contributed by atoms with Crippen LogP contribution in [0.25, 0.3) is 0 Å². The normalized spacial score (nSPS) is 10.0. The second-order valence-corrected chi connectivity index (χ2v) is 1.90. The van der Waals surface area contributed by atoms with Crippen LogP contribution >= 0.6 is 0 Å². The van der Waals surface area contributed by atoms with Crippen LogP contribution < -0.4 is 10.5 Å². The molecule has 0 fully saturated rings. The van der Waals surface area contributed by atoms with E-state index >= 15 is 0 Å². The summed E-state index contributed by atoms with van der Waals surface area (Å²) in [6, 6.07) is 0.218. The minimum absolute atomic E-state index is 0.0171. The van der Waals surface area contributed by atoms with Crippen molar-refractivity contribution >= 4 is 5.95 Å². The number of methoxy groups -OCH3 is 1. The average molecular weight is 158 g/mol. The van der Waals surface area contributed by atoms with Gasteiger partial charge in [0, 0.05) is 0 Å². The molecule has 0 aliphatic rings. The van der Waals surface area contributed by atoms with Crippen molar-refractivity contribution in [3.63, 3.8) is 0 Å². The van der Waals surface area contributed by atoms with Crippen LogP contribution in [0.2, 0.25) is 0 Å². The van der Waals surface area contributed by atoms with Gasteiger partial charge in [-0.1, -0.05) is 0 Å². The minimum Gasteiger partial charge on any atom is -0.466 e. The minimum atomic E-state index is -0.0171. The lowest BCUT2D eigenvalue weighted by Crippen LogP contribution is -2.07. The molecule has 0 aliphatic heterocycles. The maximum Gasteiger partial charge on any atom is 0.337 e. The van der Waals surface area contributed by atoms with Crippen molar-refractivity contribution in [1.29, 1.82) is 0 Å². The quantitative estimate of drug-likeness (QED) is 0.580. The number of hydrogen-bond acceptors (Lipinski definition) is 5. The van der Waals surface area contributed by atoms with Gasteiger partial charge in [-0.25, -0.2) is 4.68 Å². The maximum atomic E-state index is 8.54. The number of anilines is 1. The van der Waals surface area contributed by atoms with Crippen LogP contribution in [-0.2, 0) is 6.54 Å². The molecule has 1 aromatic heterocycles. The molecule has 1 rings (SSSR count). The summed E-state index contributed by atoms with van der Waals surface area (Å²) in [6.45, 7) is 0.318. The van der Waals surface area contributed by atoms with Crippen molar-refractivity contribution in [3.8, 4) is 6.01 Å². The van der Waals surface area contributed by atoms with E-state index in [1.807, 2.05) is 0 Å². The molecular weight excluding hydrogens is 148 g/mol. The van der Waals surface area contributed by atoms with Crippen LogP contribution in [0.1, 0.15) is 0 Å². The number of ether oxygens (including phenoxy) is 1. The third-order valence-electron chi connectivity index (χ3n) is 1.18. The Kier molecular flexibility index (Phi) is 2.27. The van der Waals surface area contributed by atoms with Crippen LogP contribution in [0.3, 0.4) is 0 Å². The van der Waals surface area contributed by atoms with Crippen molar-refractivity contribution in [3.05, 3.63) is 0 Å². The molecule has 6 nitrogen and oxygen atoms in total. The van der Waals surface area contributed by atoms with E-state index < -0.39 is 0 Å². The lowest BCUT2D eigenvalue weighted by molar-refractivity contribution is 0.268. The van der Waals surface area contributed by atoms with Crippen LogP contribution in [0.4, 0.5) is 5.95 Å². The summed E-state index contributed by atoms with van der Waals surface area (Å²) in [5, 5.41) is 12.4. The summed E-state index contributed by atoms with van der Waals surface area (Å²) >= 11 is 0. The maximum absolute atomic E-state index is 8.54. The molecule has 1 heterocycles. The lowest BCUT2D eigenvalue weighted by atomic mass is 10.7. The van der Waals surface area contributed by atoms with Gasteiger partial charge in [0.25, 0.3) is 0 Å². The zero-order chi connectivity index (χ0) is 8.27. The molecule has 0 atom stereocenters. The molecule has 6 heteroatoms. The first-order valence-electron chi connectivity index (χ1n) is 3.13. The number of nitrogens with two attached hydrogens (primary N) is 1. The summed E-state index contributed by atoms with van der Waals surface area (Å²) in [7, 11) is 1.46. The lowest BCUT2D eigenvalue weighted by Gasteiger charge is -1.95. The summed E-state index contributed by atoms with van der Waals surface area (Å²) in [4.78, 5) is 3.74. The van der Waals surface area contributed by atoms with Gasteiger partial charge in [-0.05, 0) is 0 Å². The van der Waals surface area contributed by atoms with Crippen LogP contribution in [-0.4, -0.2) is 33.6 Å². The van der Waals surface area contributed by atoms with Gasteiger partial charge in [0.2, 0.25) is 5.95 Å². The molecule has 0 spiro atoms. The summed E-state index contributed by atoms with van der Waals surface area (Å²) < 4.78 is 6.09. The Morgan fingerprint density at radius 2 is 2.45 bits per heavy atom. The van der Waals surface area contributed by atoms with E-state index in [0.29, 0.717) is 6.54 Å². The molecule has 0 aliphatic carbocycles. The molecule has 62 valence electrons. The Balaban J connectivity index is 2.79. The van der Waals surface area contributed by atoms with Gasteiger partial charge in [0.15, 0.2) is 0 Å². The van der Waals surface area contributed by atoms with Gasteiger partial charge in [0.05, 0.1) is 20.3 Å². The van der Waals surface area contributed by atoms with Crippen molar-refractivity contribution < 1.29 is 9.84 Å². The number of aliphatic hydroxyl groups is 1. The molecule has 0 aromatic carbocycles. The summed E-state index contributed by atoms with van der Waals surface area (Å²) in [5.41, 5.74) is 5.40. The molecule has 0 saturated heterocycles. The summed E-state index contributed by atoms with van der Waals surface area (Å²) in [5.74, 6) is 0.246. The molecule has 0 bridgehead atoms. The first-order chi connectivity index (χ1) is 5.27. The van der Waals surface area contributed by atoms with Crippen molar-refractivity contribution in [1.82, 2.24) is 14.8 Å². The second-order valence-electron chi connectivity index (χ2n) is 1.90. The molecule has 0 radical (unpaired) electrons. The third-order valence-corrected chi connectivity index (χ3v) is 1.18. The van der Waals surface area contributed by atoms with Crippen LogP contribution in [0, 0.1) is 0 Å². The van der Waals surface area contributed by atoms with Gasteiger partial charge in [-0.2, -0.15) is 4.98 Å². The fraction of sp³-hybridized carbons (Fsp3) is 0.600. The van der Waals surface area contributed by atoms with Gasteiger partial charge in [0.1, 0.15) is 0 Å². The van der Waals surface area contributed by atoms with Crippen LogP contribution in [0.15, 0.2) is 0 Å². The SMILES string of the molecule is COc1nc(N)n(CCO)n1. The fourth-order valence-corrected chi connectivity index (χ4v) is 0.678. The highest BCUT2D eigenvalue weighted by Crippen LogP contribution is 2.05. The number of nitrogen functional groups attached to an aromatic ring is 1. The standard InChI is InChI=1S/C5H10N4O2/c1-11-5-7-4(6)9(8-5)2-3-10/h10H,2-3H2,1H3,(H2,6,7,8). The smallest absolute Gasteiger partial charge is 0.337 e. The van der Waals surface area contributed by atoms with E-state index in [4.69, 9.17) is 15.6 Å². The number of aliphatic hydroxyl groups excluding tert-OH is 1. The molecule has 1 aromatic rings. The Morgan fingerprint density at radius 3 is 2.91 bits per heavy atom. The van der Waals surface area contributed by atoms with E-state index in [0.717, 1.165) is 0 Å². The van der Waals surface area contributed by atoms with Crippen LogP contribution in [0.5, 0.6) is 6.01 Å². The van der Waals surface area contributed by atoms with E-state index in [1.165, 1.54) is 11.8 Å². The zero-order valence-corrected chi connectivity index (χ0v) is 6.19.